The third kappa shape index (κ3) is 6.26. The molecule has 0 aliphatic carbocycles. The van der Waals surface area contributed by atoms with Gasteiger partial charge in [-0.2, -0.15) is 0 Å². The van der Waals surface area contributed by atoms with Crippen LogP contribution in [0.1, 0.15) is 26.2 Å². The van der Waals surface area contributed by atoms with Gasteiger partial charge >= 0.3 is 5.97 Å². The minimum Gasteiger partial charge on any atom is -0.481 e. The van der Waals surface area contributed by atoms with Crippen molar-refractivity contribution in [1.29, 1.82) is 0 Å². The number of aliphatic carboxylic acids is 1. The summed E-state index contributed by atoms with van der Waals surface area (Å²) >= 11 is 0. The Hall–Kier alpha value is -1.49. The molecular formula is C13H20N2O6S2. The third-order valence-electron chi connectivity index (χ3n) is 2.85. The lowest BCUT2D eigenvalue weighted by Crippen LogP contribution is -2.26. The van der Waals surface area contributed by atoms with Gasteiger partial charge < -0.3 is 5.11 Å². The maximum Gasteiger partial charge on any atom is 0.303 e. The SMILES string of the molecule is CCCNS(=O)(=O)c1ccc(S(=O)(=O)NCCCC(=O)O)cc1. The Morgan fingerprint density at radius 1 is 0.957 bits per heavy atom. The second-order valence-electron chi connectivity index (χ2n) is 4.76. The minimum atomic E-state index is -3.80. The van der Waals surface area contributed by atoms with Crippen LogP contribution in [-0.2, 0) is 24.8 Å². The van der Waals surface area contributed by atoms with E-state index < -0.39 is 26.0 Å². The summed E-state index contributed by atoms with van der Waals surface area (Å²) in [6.07, 6.45) is 0.677. The van der Waals surface area contributed by atoms with E-state index in [0.29, 0.717) is 13.0 Å². The summed E-state index contributed by atoms with van der Waals surface area (Å²) in [6, 6.07) is 4.81. The van der Waals surface area contributed by atoms with Crippen LogP contribution in [0.15, 0.2) is 34.1 Å². The molecule has 1 aromatic rings. The van der Waals surface area contributed by atoms with Crippen LogP contribution in [0.5, 0.6) is 0 Å². The zero-order valence-corrected chi connectivity index (χ0v) is 14.3. The van der Waals surface area contributed by atoms with E-state index in [0.717, 1.165) is 0 Å². The van der Waals surface area contributed by atoms with E-state index in [1.165, 1.54) is 24.3 Å². The first-order valence-corrected chi connectivity index (χ1v) is 9.97. The first kappa shape index (κ1) is 19.6. The molecule has 0 spiro atoms. The Bertz CT molecular complexity index is 726. The Kier molecular flexibility index (Phi) is 7.13. The highest BCUT2D eigenvalue weighted by atomic mass is 32.2. The van der Waals surface area contributed by atoms with Crippen LogP contribution in [0.3, 0.4) is 0 Å². The highest BCUT2D eigenvalue weighted by Crippen LogP contribution is 2.14. The molecule has 0 bridgehead atoms. The van der Waals surface area contributed by atoms with Crippen molar-refractivity contribution < 1.29 is 26.7 Å². The Morgan fingerprint density at radius 2 is 1.39 bits per heavy atom. The molecule has 0 saturated carbocycles. The Labute approximate surface area is 136 Å². The van der Waals surface area contributed by atoms with Crippen molar-refractivity contribution in [3.05, 3.63) is 24.3 Å². The minimum absolute atomic E-state index is 0.00720. The van der Waals surface area contributed by atoms with Gasteiger partial charge in [0.2, 0.25) is 20.0 Å². The van der Waals surface area contributed by atoms with Crippen molar-refractivity contribution in [2.75, 3.05) is 13.1 Å². The van der Waals surface area contributed by atoms with Gasteiger partial charge in [0, 0.05) is 19.5 Å². The first-order chi connectivity index (χ1) is 10.7. The molecule has 0 radical (unpaired) electrons. The van der Waals surface area contributed by atoms with Crippen molar-refractivity contribution >= 4 is 26.0 Å². The molecule has 0 fully saturated rings. The average molecular weight is 364 g/mol. The zero-order valence-electron chi connectivity index (χ0n) is 12.6. The standard InChI is InChI=1S/C13H20N2O6S2/c1-2-9-14-22(18,19)11-5-7-12(8-6-11)23(20,21)15-10-3-4-13(16)17/h5-8,14-15H,2-4,9-10H2,1H3,(H,16,17). The number of carbonyl (C=O) groups is 1. The van der Waals surface area contributed by atoms with Crippen molar-refractivity contribution in [3.8, 4) is 0 Å². The molecule has 23 heavy (non-hydrogen) atoms. The highest BCUT2D eigenvalue weighted by molar-refractivity contribution is 7.90. The summed E-state index contributed by atoms with van der Waals surface area (Å²) < 4.78 is 52.4. The molecule has 0 unspecified atom stereocenters. The Morgan fingerprint density at radius 3 is 1.78 bits per heavy atom. The molecule has 0 aliphatic rings. The predicted molar refractivity (Wildman–Crippen MR) is 84.0 cm³/mol. The van der Waals surface area contributed by atoms with E-state index in [1.807, 2.05) is 6.92 Å². The number of carboxylic acids is 1. The summed E-state index contributed by atoms with van der Waals surface area (Å²) in [4.78, 5) is 10.3. The fourth-order valence-corrected chi connectivity index (χ4v) is 3.86. The molecule has 130 valence electrons. The van der Waals surface area contributed by atoms with Crippen LogP contribution in [0.4, 0.5) is 0 Å². The van der Waals surface area contributed by atoms with Gasteiger partial charge in [-0.05, 0) is 37.1 Å². The lowest BCUT2D eigenvalue weighted by molar-refractivity contribution is -0.137. The van der Waals surface area contributed by atoms with E-state index in [2.05, 4.69) is 9.44 Å². The van der Waals surface area contributed by atoms with E-state index in [9.17, 15) is 21.6 Å². The van der Waals surface area contributed by atoms with Gasteiger partial charge in [0.05, 0.1) is 9.79 Å². The number of nitrogens with one attached hydrogen (secondary N) is 2. The number of benzene rings is 1. The first-order valence-electron chi connectivity index (χ1n) is 7.00. The Balaban J connectivity index is 2.77. The second-order valence-corrected chi connectivity index (χ2v) is 8.30. The lowest BCUT2D eigenvalue weighted by atomic mass is 10.3. The fraction of sp³-hybridized carbons (Fsp3) is 0.462. The second kappa shape index (κ2) is 8.39. The van der Waals surface area contributed by atoms with E-state index in [-0.39, 0.29) is 29.2 Å². The molecule has 0 aliphatic heterocycles. The predicted octanol–water partition coefficient (Wildman–Crippen LogP) is 0.518. The molecule has 1 rings (SSSR count). The molecule has 1 aromatic carbocycles. The molecule has 8 nitrogen and oxygen atoms in total. The van der Waals surface area contributed by atoms with Gasteiger partial charge in [0.25, 0.3) is 0 Å². The van der Waals surface area contributed by atoms with Gasteiger partial charge in [0.15, 0.2) is 0 Å². The third-order valence-corrected chi connectivity index (χ3v) is 5.80. The highest BCUT2D eigenvalue weighted by Gasteiger charge is 2.17. The molecular weight excluding hydrogens is 344 g/mol. The maximum absolute atomic E-state index is 12.0. The van der Waals surface area contributed by atoms with Gasteiger partial charge in [-0.15, -0.1) is 0 Å². The number of carboxylic acid groups (broad SMARTS) is 1. The summed E-state index contributed by atoms with van der Waals surface area (Å²) in [5, 5.41) is 8.49. The normalized spacial score (nSPS) is 12.2. The monoisotopic (exact) mass is 364 g/mol. The van der Waals surface area contributed by atoms with Crippen LogP contribution in [0, 0.1) is 0 Å². The van der Waals surface area contributed by atoms with Gasteiger partial charge in [0.1, 0.15) is 0 Å². The van der Waals surface area contributed by atoms with Crippen LogP contribution >= 0.6 is 0 Å². The number of sulfonamides is 2. The molecule has 10 heteroatoms. The van der Waals surface area contributed by atoms with Gasteiger partial charge in [-0.1, -0.05) is 6.92 Å². The molecule has 0 atom stereocenters. The number of rotatable bonds is 10. The van der Waals surface area contributed by atoms with Crippen LogP contribution in [-0.4, -0.2) is 41.0 Å². The fourth-order valence-electron chi connectivity index (χ4n) is 1.65. The molecule has 0 saturated heterocycles. The smallest absolute Gasteiger partial charge is 0.303 e. The topological polar surface area (TPSA) is 130 Å². The van der Waals surface area contributed by atoms with Crippen molar-refractivity contribution in [1.82, 2.24) is 9.44 Å². The summed E-state index contributed by atoms with van der Waals surface area (Å²) in [5.41, 5.74) is 0. The van der Waals surface area contributed by atoms with Gasteiger partial charge in [-0.3, -0.25) is 4.79 Å². The van der Waals surface area contributed by atoms with Crippen molar-refractivity contribution in [2.24, 2.45) is 0 Å². The van der Waals surface area contributed by atoms with Crippen molar-refractivity contribution in [3.63, 3.8) is 0 Å². The van der Waals surface area contributed by atoms with Crippen molar-refractivity contribution in [2.45, 2.75) is 36.0 Å². The number of hydrogen-bond acceptors (Lipinski definition) is 5. The largest absolute Gasteiger partial charge is 0.481 e. The van der Waals surface area contributed by atoms with Crippen LogP contribution < -0.4 is 9.44 Å². The molecule has 0 heterocycles. The van der Waals surface area contributed by atoms with Crippen LogP contribution in [0.25, 0.3) is 0 Å². The van der Waals surface area contributed by atoms with E-state index >= 15 is 0 Å². The van der Waals surface area contributed by atoms with Gasteiger partial charge in [-0.25, -0.2) is 26.3 Å². The van der Waals surface area contributed by atoms with Crippen LogP contribution in [0.2, 0.25) is 0 Å². The summed E-state index contributed by atoms with van der Waals surface area (Å²) in [7, 11) is -7.44. The van der Waals surface area contributed by atoms with E-state index in [4.69, 9.17) is 5.11 Å². The number of hydrogen-bond donors (Lipinski definition) is 3. The molecule has 0 amide bonds. The zero-order chi connectivity index (χ0) is 17.5. The lowest BCUT2D eigenvalue weighted by Gasteiger charge is -2.08. The summed E-state index contributed by atoms with van der Waals surface area (Å²) in [6.45, 7) is 2.12. The molecule has 0 aromatic heterocycles. The van der Waals surface area contributed by atoms with E-state index in [1.54, 1.807) is 0 Å². The average Bonchev–Trinajstić information content (AvgIpc) is 2.49. The quantitative estimate of drug-likeness (QED) is 0.519. The summed E-state index contributed by atoms with van der Waals surface area (Å²) in [5.74, 6) is -1.00. The maximum atomic E-state index is 12.0. The molecule has 3 N–H and O–H groups in total.